The molecule has 3 heteroatoms. The molecular weight excluding hydrogens is 230 g/mol. The zero-order valence-electron chi connectivity index (χ0n) is 10.8. The lowest BCUT2D eigenvalue weighted by Gasteiger charge is -2.26. The Balaban J connectivity index is 2.42. The number of benzene rings is 1. The summed E-state index contributed by atoms with van der Waals surface area (Å²) in [6, 6.07) is 6.80. The molecule has 1 aromatic rings. The molecule has 1 heterocycles. The van der Waals surface area contributed by atoms with Crippen molar-refractivity contribution in [3.8, 4) is 0 Å². The van der Waals surface area contributed by atoms with E-state index in [1.165, 1.54) is 11.1 Å². The summed E-state index contributed by atoms with van der Waals surface area (Å²) in [5.74, 6) is 1.31. The standard InChI is InChI=1S/C14H21NOS/c1-4-15-13-7-8-17(16)14-6-5-11(10(2)3)9-12(13)14/h5-6,9-10,13,15H,4,7-8H2,1-3H3. The fourth-order valence-electron chi connectivity index (χ4n) is 2.35. The minimum atomic E-state index is -0.801. The van der Waals surface area contributed by atoms with Crippen molar-refractivity contribution in [3.63, 3.8) is 0 Å². The van der Waals surface area contributed by atoms with Gasteiger partial charge in [0.05, 0.1) is 10.8 Å². The molecular formula is C14H21NOS. The molecule has 94 valence electrons. The third-order valence-electron chi connectivity index (χ3n) is 3.36. The van der Waals surface area contributed by atoms with E-state index in [0.29, 0.717) is 12.0 Å². The molecule has 0 radical (unpaired) electrons. The second kappa shape index (κ2) is 5.32. The van der Waals surface area contributed by atoms with E-state index >= 15 is 0 Å². The highest BCUT2D eigenvalue weighted by Gasteiger charge is 2.24. The van der Waals surface area contributed by atoms with Crippen LogP contribution in [0.5, 0.6) is 0 Å². The van der Waals surface area contributed by atoms with Gasteiger partial charge < -0.3 is 5.32 Å². The van der Waals surface area contributed by atoms with Crippen molar-refractivity contribution in [1.29, 1.82) is 0 Å². The van der Waals surface area contributed by atoms with Crippen LogP contribution in [0.3, 0.4) is 0 Å². The van der Waals surface area contributed by atoms with Crippen LogP contribution < -0.4 is 5.32 Å². The summed E-state index contributed by atoms with van der Waals surface area (Å²) in [4.78, 5) is 1.03. The maximum Gasteiger partial charge on any atom is 0.0533 e. The third kappa shape index (κ3) is 2.61. The van der Waals surface area contributed by atoms with Crippen LogP contribution in [0, 0.1) is 0 Å². The summed E-state index contributed by atoms with van der Waals surface area (Å²) in [7, 11) is -0.801. The number of hydrogen-bond acceptors (Lipinski definition) is 2. The molecule has 0 aliphatic carbocycles. The number of hydrogen-bond donors (Lipinski definition) is 1. The van der Waals surface area contributed by atoms with Gasteiger partial charge >= 0.3 is 0 Å². The molecule has 2 rings (SSSR count). The molecule has 0 spiro atoms. The summed E-state index contributed by atoms with van der Waals surface area (Å²) in [6.07, 6.45) is 0.981. The highest BCUT2D eigenvalue weighted by atomic mass is 32.2. The Morgan fingerprint density at radius 3 is 2.88 bits per heavy atom. The van der Waals surface area contributed by atoms with E-state index in [4.69, 9.17) is 0 Å². The molecule has 17 heavy (non-hydrogen) atoms. The van der Waals surface area contributed by atoms with Gasteiger partial charge in [-0.2, -0.15) is 0 Å². The lowest BCUT2D eigenvalue weighted by molar-refractivity contribution is 0.519. The van der Waals surface area contributed by atoms with Gasteiger partial charge in [-0.3, -0.25) is 4.21 Å². The zero-order valence-corrected chi connectivity index (χ0v) is 11.6. The van der Waals surface area contributed by atoms with Crippen LogP contribution in [0.4, 0.5) is 0 Å². The Morgan fingerprint density at radius 1 is 1.47 bits per heavy atom. The van der Waals surface area contributed by atoms with Crippen LogP contribution in [0.15, 0.2) is 23.1 Å². The normalized spacial score (nSPS) is 23.8. The molecule has 0 saturated carbocycles. The Kier molecular flexibility index (Phi) is 4.00. The van der Waals surface area contributed by atoms with E-state index in [1.54, 1.807) is 0 Å². The van der Waals surface area contributed by atoms with Crippen molar-refractivity contribution in [2.24, 2.45) is 0 Å². The molecule has 2 unspecified atom stereocenters. The first-order chi connectivity index (χ1) is 8.13. The third-order valence-corrected chi connectivity index (χ3v) is 4.83. The molecule has 0 aromatic heterocycles. The van der Waals surface area contributed by atoms with Crippen molar-refractivity contribution < 1.29 is 4.21 Å². The molecule has 1 N–H and O–H groups in total. The summed E-state index contributed by atoms with van der Waals surface area (Å²) in [5, 5.41) is 3.49. The first-order valence-corrected chi connectivity index (χ1v) is 7.71. The SMILES string of the molecule is CCNC1CCS(=O)c2ccc(C(C)C)cc21. The van der Waals surface area contributed by atoms with Crippen LogP contribution in [-0.4, -0.2) is 16.5 Å². The number of rotatable bonds is 3. The average Bonchev–Trinajstić information content (AvgIpc) is 2.32. The second-order valence-electron chi connectivity index (χ2n) is 4.90. The van der Waals surface area contributed by atoms with Gasteiger partial charge in [0.1, 0.15) is 0 Å². The molecule has 0 saturated heterocycles. The van der Waals surface area contributed by atoms with Crippen LogP contribution in [0.1, 0.15) is 50.3 Å². The summed E-state index contributed by atoms with van der Waals surface area (Å²) in [6.45, 7) is 7.48. The first kappa shape index (κ1) is 12.8. The second-order valence-corrected chi connectivity index (χ2v) is 6.44. The van der Waals surface area contributed by atoms with Gasteiger partial charge in [0, 0.05) is 16.7 Å². The predicted octanol–water partition coefficient (Wildman–Crippen LogP) is 2.97. The molecule has 0 bridgehead atoms. The van der Waals surface area contributed by atoms with Crippen LogP contribution >= 0.6 is 0 Å². The van der Waals surface area contributed by atoms with E-state index in [1.807, 2.05) is 0 Å². The minimum Gasteiger partial charge on any atom is -0.310 e. The Labute approximate surface area is 106 Å². The monoisotopic (exact) mass is 251 g/mol. The van der Waals surface area contributed by atoms with E-state index in [0.717, 1.165) is 23.6 Å². The van der Waals surface area contributed by atoms with Crippen molar-refractivity contribution in [3.05, 3.63) is 29.3 Å². The first-order valence-electron chi connectivity index (χ1n) is 6.39. The Bertz CT molecular complexity index is 428. The van der Waals surface area contributed by atoms with Crippen LogP contribution in [-0.2, 0) is 10.8 Å². The Morgan fingerprint density at radius 2 is 2.24 bits per heavy atom. The van der Waals surface area contributed by atoms with E-state index in [9.17, 15) is 4.21 Å². The van der Waals surface area contributed by atoms with Gasteiger partial charge in [-0.15, -0.1) is 0 Å². The molecule has 2 nitrogen and oxygen atoms in total. The van der Waals surface area contributed by atoms with Crippen LogP contribution in [0.25, 0.3) is 0 Å². The summed E-state index contributed by atoms with van der Waals surface area (Å²) < 4.78 is 12.0. The van der Waals surface area contributed by atoms with Crippen molar-refractivity contribution >= 4 is 10.8 Å². The minimum absolute atomic E-state index is 0.381. The summed E-state index contributed by atoms with van der Waals surface area (Å²) in [5.41, 5.74) is 2.59. The largest absolute Gasteiger partial charge is 0.310 e. The van der Waals surface area contributed by atoms with Gasteiger partial charge in [0.2, 0.25) is 0 Å². The highest BCUT2D eigenvalue weighted by Crippen LogP contribution is 2.32. The van der Waals surface area contributed by atoms with E-state index < -0.39 is 10.8 Å². The predicted molar refractivity (Wildman–Crippen MR) is 72.8 cm³/mol. The summed E-state index contributed by atoms with van der Waals surface area (Å²) >= 11 is 0. The van der Waals surface area contributed by atoms with E-state index in [-0.39, 0.29) is 0 Å². The molecule has 1 aliphatic rings. The van der Waals surface area contributed by atoms with Crippen molar-refractivity contribution in [1.82, 2.24) is 5.32 Å². The van der Waals surface area contributed by atoms with Gasteiger partial charge in [0.15, 0.2) is 0 Å². The van der Waals surface area contributed by atoms with Crippen molar-refractivity contribution in [2.45, 2.75) is 44.0 Å². The molecule has 1 aromatic carbocycles. The quantitative estimate of drug-likeness (QED) is 0.895. The van der Waals surface area contributed by atoms with Gasteiger partial charge in [-0.1, -0.05) is 32.9 Å². The topological polar surface area (TPSA) is 29.1 Å². The molecule has 0 amide bonds. The fourth-order valence-corrected chi connectivity index (χ4v) is 3.71. The molecule has 1 aliphatic heterocycles. The maximum atomic E-state index is 12.0. The molecule has 2 atom stereocenters. The smallest absolute Gasteiger partial charge is 0.0533 e. The van der Waals surface area contributed by atoms with Crippen LogP contribution in [0.2, 0.25) is 0 Å². The zero-order chi connectivity index (χ0) is 12.4. The number of fused-ring (bicyclic) bond motifs is 1. The number of nitrogens with one attached hydrogen (secondary N) is 1. The Hall–Kier alpha value is -0.670. The van der Waals surface area contributed by atoms with Crippen molar-refractivity contribution in [2.75, 3.05) is 12.3 Å². The average molecular weight is 251 g/mol. The molecule has 0 fully saturated rings. The van der Waals surface area contributed by atoms with Gasteiger partial charge in [-0.05, 0) is 36.1 Å². The fraction of sp³-hybridized carbons (Fsp3) is 0.571. The van der Waals surface area contributed by atoms with Gasteiger partial charge in [-0.25, -0.2) is 0 Å². The van der Waals surface area contributed by atoms with Gasteiger partial charge in [0.25, 0.3) is 0 Å². The lowest BCUT2D eigenvalue weighted by Crippen LogP contribution is -2.27. The highest BCUT2D eigenvalue weighted by molar-refractivity contribution is 7.85. The maximum absolute atomic E-state index is 12.0. The lowest BCUT2D eigenvalue weighted by atomic mass is 9.96. The van der Waals surface area contributed by atoms with E-state index in [2.05, 4.69) is 44.3 Å².